The molecule has 0 radical (unpaired) electrons. The Balaban J connectivity index is 2.21. The summed E-state index contributed by atoms with van der Waals surface area (Å²) in [5.41, 5.74) is -0.143. The van der Waals surface area contributed by atoms with Gasteiger partial charge in [0.2, 0.25) is 5.91 Å². The van der Waals surface area contributed by atoms with Crippen LogP contribution in [0.1, 0.15) is 23.2 Å². The van der Waals surface area contributed by atoms with E-state index in [9.17, 15) is 27.2 Å². The largest absolute Gasteiger partial charge is 0.416 e. The molecule has 5 nitrogen and oxygen atoms in total. The predicted octanol–water partition coefficient (Wildman–Crippen LogP) is 1.95. The van der Waals surface area contributed by atoms with Gasteiger partial charge in [-0.15, -0.1) is 0 Å². The summed E-state index contributed by atoms with van der Waals surface area (Å²) in [5.74, 6) is -2.09. The van der Waals surface area contributed by atoms with Crippen LogP contribution >= 0.6 is 0 Å². The summed E-state index contributed by atoms with van der Waals surface area (Å²) in [7, 11) is 1.03. The van der Waals surface area contributed by atoms with E-state index in [1.807, 2.05) is 0 Å². The van der Waals surface area contributed by atoms with E-state index in [2.05, 4.69) is 0 Å². The monoisotopic (exact) mass is 348 g/mol. The van der Waals surface area contributed by atoms with E-state index in [1.165, 1.54) is 11.0 Å². The first kappa shape index (κ1) is 18.2. The number of hydrogen-bond donors (Lipinski definition) is 1. The highest BCUT2D eigenvalue weighted by Crippen LogP contribution is 2.25. The Labute approximate surface area is 135 Å². The van der Waals surface area contributed by atoms with Gasteiger partial charge >= 0.3 is 6.18 Å². The lowest BCUT2D eigenvalue weighted by Crippen LogP contribution is -2.42. The van der Waals surface area contributed by atoms with Crippen LogP contribution in [-0.2, 0) is 4.79 Å². The van der Waals surface area contributed by atoms with Crippen LogP contribution in [0.3, 0.4) is 0 Å². The van der Waals surface area contributed by atoms with Crippen molar-refractivity contribution in [2.75, 3.05) is 25.0 Å². The molecule has 132 valence electrons. The van der Waals surface area contributed by atoms with Crippen LogP contribution < -0.4 is 4.90 Å². The minimum atomic E-state index is -4.88. The fraction of sp³-hybridized carbons (Fsp3) is 0.467. The van der Waals surface area contributed by atoms with E-state index in [0.29, 0.717) is 30.0 Å². The molecule has 1 atom stereocenters. The third kappa shape index (κ3) is 3.84. The lowest BCUT2D eigenvalue weighted by Gasteiger charge is -2.23. The fourth-order valence-corrected chi connectivity index (χ4v) is 2.42. The molecule has 1 aliphatic heterocycles. The molecule has 2 rings (SSSR count). The van der Waals surface area contributed by atoms with Crippen LogP contribution in [0.4, 0.5) is 23.2 Å². The number of aliphatic hydroxyl groups excluding tert-OH is 1. The highest BCUT2D eigenvalue weighted by molar-refractivity contribution is 5.99. The molecule has 24 heavy (non-hydrogen) atoms. The van der Waals surface area contributed by atoms with Crippen LogP contribution in [0, 0.1) is 5.82 Å². The number of amides is 2. The van der Waals surface area contributed by atoms with Crippen LogP contribution in [-0.4, -0.2) is 54.2 Å². The van der Waals surface area contributed by atoms with E-state index >= 15 is 0 Å². The molecule has 1 N–H and O–H groups in total. The summed E-state index contributed by atoms with van der Waals surface area (Å²) in [6.45, 7) is -0.588. The standard InChI is InChI=1S/C15H16F4N2O3/c1-20(8-12(22)15(17,18)19)14(24)10-7-9(4-5-11(10)16)21-6-2-3-13(21)23/h4-5,7,12,22H,2-3,6,8H2,1H3. The van der Waals surface area contributed by atoms with Gasteiger partial charge in [-0.25, -0.2) is 4.39 Å². The quantitative estimate of drug-likeness (QED) is 0.846. The van der Waals surface area contributed by atoms with Crippen molar-refractivity contribution in [3.63, 3.8) is 0 Å². The van der Waals surface area contributed by atoms with Gasteiger partial charge in [0.05, 0.1) is 12.1 Å². The topological polar surface area (TPSA) is 60.9 Å². The van der Waals surface area contributed by atoms with Crippen molar-refractivity contribution in [1.82, 2.24) is 4.90 Å². The number of benzene rings is 1. The normalized spacial score (nSPS) is 16.4. The molecular weight excluding hydrogens is 332 g/mol. The van der Waals surface area contributed by atoms with Gasteiger partial charge in [0.1, 0.15) is 5.82 Å². The Bertz CT molecular complexity index is 648. The Morgan fingerprint density at radius 1 is 1.42 bits per heavy atom. The van der Waals surface area contributed by atoms with Crippen molar-refractivity contribution < 1.29 is 32.3 Å². The molecule has 1 unspecified atom stereocenters. The van der Waals surface area contributed by atoms with Gasteiger partial charge in [0.25, 0.3) is 5.91 Å². The average molecular weight is 348 g/mol. The number of halogens is 4. The number of hydrogen-bond acceptors (Lipinski definition) is 3. The predicted molar refractivity (Wildman–Crippen MR) is 77.0 cm³/mol. The second-order valence-electron chi connectivity index (χ2n) is 5.56. The molecule has 1 heterocycles. The van der Waals surface area contributed by atoms with Crippen LogP contribution in [0.25, 0.3) is 0 Å². The second kappa shape index (κ2) is 6.76. The van der Waals surface area contributed by atoms with Crippen LogP contribution in [0.2, 0.25) is 0 Å². The number of carbonyl (C=O) groups is 2. The molecule has 0 saturated carbocycles. The molecule has 2 amide bonds. The highest BCUT2D eigenvalue weighted by atomic mass is 19.4. The molecule has 1 aromatic rings. The van der Waals surface area contributed by atoms with Gasteiger partial charge in [-0.3, -0.25) is 9.59 Å². The first-order valence-electron chi connectivity index (χ1n) is 7.21. The molecule has 1 fully saturated rings. The Kier molecular flexibility index (Phi) is 5.12. The van der Waals surface area contributed by atoms with E-state index < -0.39 is 36.1 Å². The maximum Gasteiger partial charge on any atom is 0.416 e. The fourth-order valence-electron chi connectivity index (χ4n) is 2.42. The molecule has 0 bridgehead atoms. The zero-order valence-electron chi connectivity index (χ0n) is 12.8. The number of likely N-dealkylation sites (N-methyl/N-ethyl adjacent to an activating group) is 1. The number of aliphatic hydroxyl groups is 1. The smallest absolute Gasteiger partial charge is 0.382 e. The first-order valence-corrected chi connectivity index (χ1v) is 7.21. The Hall–Kier alpha value is -2.16. The molecule has 9 heteroatoms. The second-order valence-corrected chi connectivity index (χ2v) is 5.56. The van der Waals surface area contributed by atoms with Crippen molar-refractivity contribution in [2.24, 2.45) is 0 Å². The molecule has 0 aromatic heterocycles. The maximum absolute atomic E-state index is 13.9. The average Bonchev–Trinajstić information content (AvgIpc) is 2.92. The maximum atomic E-state index is 13.9. The van der Waals surface area contributed by atoms with Crippen molar-refractivity contribution in [1.29, 1.82) is 0 Å². The van der Waals surface area contributed by atoms with Crippen molar-refractivity contribution in [2.45, 2.75) is 25.1 Å². The summed E-state index contributed by atoms with van der Waals surface area (Å²) in [6.07, 6.45) is -6.62. The molecular formula is C15H16F4N2O3. The van der Waals surface area contributed by atoms with Crippen molar-refractivity contribution in [3.05, 3.63) is 29.6 Å². The summed E-state index contributed by atoms with van der Waals surface area (Å²) in [4.78, 5) is 25.9. The van der Waals surface area contributed by atoms with Crippen LogP contribution in [0.5, 0.6) is 0 Å². The zero-order chi connectivity index (χ0) is 18.1. The Morgan fingerprint density at radius 3 is 2.62 bits per heavy atom. The lowest BCUT2D eigenvalue weighted by atomic mass is 10.1. The van der Waals surface area contributed by atoms with E-state index in [0.717, 1.165) is 19.2 Å². The number of carbonyl (C=O) groups excluding carboxylic acids is 2. The SMILES string of the molecule is CN(CC(O)C(F)(F)F)C(=O)c1cc(N2CCCC2=O)ccc1F. The van der Waals surface area contributed by atoms with Crippen molar-refractivity contribution in [3.8, 4) is 0 Å². The molecule has 0 spiro atoms. The van der Waals surface area contributed by atoms with Crippen LogP contribution in [0.15, 0.2) is 18.2 Å². The molecule has 0 aliphatic carbocycles. The Morgan fingerprint density at radius 2 is 2.08 bits per heavy atom. The lowest BCUT2D eigenvalue weighted by molar-refractivity contribution is -0.205. The van der Waals surface area contributed by atoms with Gasteiger partial charge in [-0.2, -0.15) is 13.2 Å². The molecule has 1 aliphatic rings. The van der Waals surface area contributed by atoms with Gasteiger partial charge in [0.15, 0.2) is 6.10 Å². The summed E-state index contributed by atoms with van der Waals surface area (Å²) in [6, 6.07) is 3.46. The third-order valence-corrected chi connectivity index (χ3v) is 3.74. The van der Waals surface area contributed by atoms with E-state index in [4.69, 9.17) is 5.11 Å². The highest BCUT2D eigenvalue weighted by Gasteiger charge is 2.39. The van der Waals surface area contributed by atoms with Gasteiger partial charge in [-0.05, 0) is 24.6 Å². The summed E-state index contributed by atoms with van der Waals surface area (Å²) in [5, 5.41) is 9.02. The zero-order valence-corrected chi connectivity index (χ0v) is 12.8. The molecule has 1 aromatic carbocycles. The minimum absolute atomic E-state index is 0.166. The number of alkyl halides is 3. The number of nitrogens with zero attached hydrogens (tertiary/aromatic N) is 2. The summed E-state index contributed by atoms with van der Waals surface area (Å²) < 4.78 is 51.0. The van der Waals surface area contributed by atoms with Gasteiger partial charge in [-0.1, -0.05) is 0 Å². The van der Waals surface area contributed by atoms with E-state index in [1.54, 1.807) is 0 Å². The van der Waals surface area contributed by atoms with Gasteiger partial charge < -0.3 is 14.9 Å². The number of anilines is 1. The van der Waals surface area contributed by atoms with Crippen molar-refractivity contribution >= 4 is 17.5 Å². The first-order chi connectivity index (χ1) is 11.1. The third-order valence-electron chi connectivity index (χ3n) is 3.74. The van der Waals surface area contributed by atoms with E-state index in [-0.39, 0.29) is 5.91 Å². The van der Waals surface area contributed by atoms with Gasteiger partial charge in [0, 0.05) is 25.7 Å². The molecule has 1 saturated heterocycles. The number of rotatable bonds is 4. The summed E-state index contributed by atoms with van der Waals surface area (Å²) >= 11 is 0. The minimum Gasteiger partial charge on any atom is -0.382 e.